The number of carbonyl (C=O) groups is 1. The van der Waals surface area contributed by atoms with Crippen LogP contribution in [0.4, 0.5) is 11.4 Å². The van der Waals surface area contributed by atoms with E-state index < -0.39 is 0 Å². The molecule has 1 aromatic carbocycles. The maximum Gasteiger partial charge on any atom is 0.238 e. The summed E-state index contributed by atoms with van der Waals surface area (Å²) in [7, 11) is 0. The van der Waals surface area contributed by atoms with E-state index in [0.717, 1.165) is 51.5 Å². The van der Waals surface area contributed by atoms with Gasteiger partial charge in [-0.05, 0) is 47.7 Å². The van der Waals surface area contributed by atoms with Crippen molar-refractivity contribution in [1.82, 2.24) is 4.90 Å². The molecule has 1 fully saturated rings. The van der Waals surface area contributed by atoms with Crippen molar-refractivity contribution in [3.63, 3.8) is 0 Å². The number of nitrogens with one attached hydrogen (secondary N) is 1. The minimum Gasteiger partial charge on any atom is -0.378 e. The number of fused-ring (bicyclic) bond motifs is 1. The molecule has 25 heavy (non-hydrogen) atoms. The van der Waals surface area contributed by atoms with Gasteiger partial charge in [0.05, 0.1) is 19.8 Å². The molecule has 1 aromatic heterocycles. The molecule has 2 aromatic rings. The minimum atomic E-state index is 0.0535. The predicted octanol–water partition coefficient (Wildman–Crippen LogP) is 2.58. The van der Waals surface area contributed by atoms with Gasteiger partial charge in [-0.1, -0.05) is 0 Å². The normalized spacial score (nSPS) is 18.0. The lowest BCUT2D eigenvalue weighted by molar-refractivity contribution is -0.117. The Bertz CT molecular complexity index is 723. The second-order valence-corrected chi connectivity index (χ2v) is 7.52. The summed E-state index contributed by atoms with van der Waals surface area (Å²) >= 11 is 1.82. The van der Waals surface area contributed by atoms with Crippen LogP contribution in [0.3, 0.4) is 0 Å². The third kappa shape index (κ3) is 4.03. The zero-order valence-corrected chi connectivity index (χ0v) is 15.1. The van der Waals surface area contributed by atoms with E-state index in [2.05, 4.69) is 38.7 Å². The van der Waals surface area contributed by atoms with Gasteiger partial charge in [0.1, 0.15) is 0 Å². The lowest BCUT2D eigenvalue weighted by Gasteiger charge is -2.29. The first kappa shape index (κ1) is 16.6. The first-order valence-corrected chi connectivity index (χ1v) is 9.66. The molecule has 0 saturated carbocycles. The molecule has 4 rings (SSSR count). The molecule has 0 aliphatic carbocycles. The van der Waals surface area contributed by atoms with Crippen LogP contribution >= 0.6 is 11.3 Å². The van der Waals surface area contributed by atoms with Crippen molar-refractivity contribution < 1.29 is 9.53 Å². The Kier molecular flexibility index (Phi) is 5.01. The summed E-state index contributed by atoms with van der Waals surface area (Å²) in [6.45, 7) is 5.68. The average molecular weight is 357 g/mol. The summed E-state index contributed by atoms with van der Waals surface area (Å²) in [4.78, 5) is 18.3. The van der Waals surface area contributed by atoms with Crippen LogP contribution in [-0.2, 0) is 22.5 Å². The molecule has 0 radical (unpaired) electrons. The monoisotopic (exact) mass is 357 g/mol. The molecule has 1 N–H and O–H groups in total. The van der Waals surface area contributed by atoms with Crippen LogP contribution in [0.15, 0.2) is 35.7 Å². The van der Waals surface area contributed by atoms with E-state index in [-0.39, 0.29) is 5.91 Å². The maximum atomic E-state index is 12.3. The first-order valence-electron chi connectivity index (χ1n) is 8.78. The SMILES string of the molecule is O=C(CN1CCc2sccc2C1)Nc1ccc(N2CCOCC2)cc1. The molecule has 3 heterocycles. The Labute approximate surface area is 152 Å². The van der Waals surface area contributed by atoms with Gasteiger partial charge in [-0.25, -0.2) is 0 Å². The van der Waals surface area contributed by atoms with Gasteiger partial charge in [-0.2, -0.15) is 0 Å². The van der Waals surface area contributed by atoms with Crippen LogP contribution in [0, 0.1) is 0 Å². The van der Waals surface area contributed by atoms with Crippen molar-refractivity contribution in [2.45, 2.75) is 13.0 Å². The summed E-state index contributed by atoms with van der Waals surface area (Å²) in [6.07, 6.45) is 1.05. The standard InChI is InChI=1S/C19H23N3O2S/c23-19(14-21-7-5-18-15(13-21)6-12-25-18)20-16-1-3-17(4-2-16)22-8-10-24-11-9-22/h1-4,6,12H,5,7-11,13-14H2,(H,20,23). The number of thiophene rings is 1. The summed E-state index contributed by atoms with van der Waals surface area (Å²) in [5, 5.41) is 5.16. The number of hydrogen-bond acceptors (Lipinski definition) is 5. The van der Waals surface area contributed by atoms with Crippen molar-refractivity contribution in [3.8, 4) is 0 Å². The highest BCUT2D eigenvalue weighted by Gasteiger charge is 2.19. The number of nitrogens with zero attached hydrogens (tertiary/aromatic N) is 2. The van der Waals surface area contributed by atoms with Crippen molar-refractivity contribution in [3.05, 3.63) is 46.2 Å². The van der Waals surface area contributed by atoms with E-state index in [9.17, 15) is 4.79 Å². The number of carbonyl (C=O) groups excluding carboxylic acids is 1. The molecule has 2 aliphatic heterocycles. The number of ether oxygens (including phenoxy) is 1. The fourth-order valence-corrected chi connectivity index (χ4v) is 4.31. The molecule has 2 aliphatic rings. The average Bonchev–Trinajstić information content (AvgIpc) is 3.11. The second kappa shape index (κ2) is 7.56. The molecule has 0 spiro atoms. The van der Waals surface area contributed by atoms with E-state index in [1.165, 1.54) is 16.1 Å². The highest BCUT2D eigenvalue weighted by molar-refractivity contribution is 7.10. The highest BCUT2D eigenvalue weighted by Crippen LogP contribution is 2.24. The van der Waals surface area contributed by atoms with Gasteiger partial charge < -0.3 is 15.0 Å². The smallest absolute Gasteiger partial charge is 0.238 e. The lowest BCUT2D eigenvalue weighted by atomic mass is 10.1. The fourth-order valence-electron chi connectivity index (χ4n) is 3.42. The van der Waals surface area contributed by atoms with Crippen molar-refractivity contribution in [1.29, 1.82) is 0 Å². The largest absolute Gasteiger partial charge is 0.378 e. The highest BCUT2D eigenvalue weighted by atomic mass is 32.1. The maximum absolute atomic E-state index is 12.3. The van der Waals surface area contributed by atoms with Crippen molar-refractivity contribution in [2.24, 2.45) is 0 Å². The summed E-state index contributed by atoms with van der Waals surface area (Å²) in [5.74, 6) is 0.0535. The summed E-state index contributed by atoms with van der Waals surface area (Å²) < 4.78 is 5.38. The first-order chi connectivity index (χ1) is 12.3. The molecule has 0 unspecified atom stereocenters. The van der Waals surface area contributed by atoms with Crippen LogP contribution in [-0.4, -0.2) is 50.2 Å². The van der Waals surface area contributed by atoms with Crippen LogP contribution in [0.2, 0.25) is 0 Å². The number of morpholine rings is 1. The second-order valence-electron chi connectivity index (χ2n) is 6.52. The molecule has 5 nitrogen and oxygen atoms in total. The summed E-state index contributed by atoms with van der Waals surface area (Å²) in [5.41, 5.74) is 3.41. The van der Waals surface area contributed by atoms with Crippen molar-refractivity contribution >= 4 is 28.6 Å². The van der Waals surface area contributed by atoms with Crippen molar-refractivity contribution in [2.75, 3.05) is 49.6 Å². The molecule has 1 amide bonds. The molecular weight excluding hydrogens is 334 g/mol. The molecule has 132 valence electrons. The predicted molar refractivity (Wildman–Crippen MR) is 101 cm³/mol. The Hall–Kier alpha value is -1.89. The molecule has 0 bridgehead atoms. The van der Waals surface area contributed by atoms with Crippen LogP contribution in [0.25, 0.3) is 0 Å². The zero-order chi connectivity index (χ0) is 17.1. The molecule has 1 saturated heterocycles. The van der Waals surface area contributed by atoms with Gasteiger partial charge in [-0.3, -0.25) is 9.69 Å². The van der Waals surface area contributed by atoms with Gasteiger partial charge in [0, 0.05) is 42.4 Å². The minimum absolute atomic E-state index is 0.0535. The fraction of sp³-hybridized carbons (Fsp3) is 0.421. The Morgan fingerprint density at radius 1 is 1.12 bits per heavy atom. The van der Waals surface area contributed by atoms with Gasteiger partial charge >= 0.3 is 0 Å². The number of rotatable bonds is 4. The number of hydrogen-bond donors (Lipinski definition) is 1. The van der Waals surface area contributed by atoms with Crippen LogP contribution in [0.1, 0.15) is 10.4 Å². The number of anilines is 2. The van der Waals surface area contributed by atoms with Gasteiger partial charge in [0.25, 0.3) is 0 Å². The zero-order valence-electron chi connectivity index (χ0n) is 14.2. The van der Waals surface area contributed by atoms with Gasteiger partial charge in [0.2, 0.25) is 5.91 Å². The molecular formula is C19H23N3O2S. The Balaban J connectivity index is 1.30. The van der Waals surface area contributed by atoms with Gasteiger partial charge in [-0.15, -0.1) is 11.3 Å². The Morgan fingerprint density at radius 2 is 1.92 bits per heavy atom. The number of benzene rings is 1. The number of amides is 1. The van der Waals surface area contributed by atoms with E-state index >= 15 is 0 Å². The van der Waals surface area contributed by atoms with E-state index in [1.54, 1.807) is 0 Å². The van der Waals surface area contributed by atoms with E-state index in [1.807, 2.05) is 23.5 Å². The van der Waals surface area contributed by atoms with E-state index in [4.69, 9.17) is 4.74 Å². The quantitative estimate of drug-likeness (QED) is 0.914. The van der Waals surface area contributed by atoms with Crippen LogP contribution < -0.4 is 10.2 Å². The van der Waals surface area contributed by atoms with E-state index in [0.29, 0.717) is 6.54 Å². The lowest BCUT2D eigenvalue weighted by Crippen LogP contribution is -2.36. The third-order valence-electron chi connectivity index (χ3n) is 4.78. The Morgan fingerprint density at radius 3 is 2.72 bits per heavy atom. The molecule has 6 heteroatoms. The summed E-state index contributed by atoms with van der Waals surface area (Å²) in [6, 6.07) is 10.3. The van der Waals surface area contributed by atoms with Crippen LogP contribution in [0.5, 0.6) is 0 Å². The molecule has 0 atom stereocenters. The van der Waals surface area contributed by atoms with Gasteiger partial charge in [0.15, 0.2) is 0 Å². The topological polar surface area (TPSA) is 44.8 Å². The third-order valence-corrected chi connectivity index (χ3v) is 5.80.